The summed E-state index contributed by atoms with van der Waals surface area (Å²) in [5, 5.41) is 0.0902. The number of rotatable bonds is 2. The van der Waals surface area contributed by atoms with Gasteiger partial charge in [0.25, 0.3) is 0 Å². The van der Waals surface area contributed by atoms with Crippen LogP contribution in [0, 0.1) is 11.3 Å². The van der Waals surface area contributed by atoms with Gasteiger partial charge in [0.05, 0.1) is 10.8 Å². The van der Waals surface area contributed by atoms with Gasteiger partial charge in [0, 0.05) is 13.0 Å². The maximum Gasteiger partial charge on any atom is 0.229 e. The quantitative estimate of drug-likeness (QED) is 0.679. The Bertz CT molecular complexity index is 213. The van der Waals surface area contributed by atoms with Gasteiger partial charge in [-0.05, 0) is 12.8 Å². The van der Waals surface area contributed by atoms with Crippen molar-refractivity contribution in [1.29, 1.82) is 0 Å². The summed E-state index contributed by atoms with van der Waals surface area (Å²) in [6.07, 6.45) is 1.84. The number of thiol groups is 1. The van der Waals surface area contributed by atoms with Crippen LogP contribution in [-0.2, 0) is 4.79 Å². The first kappa shape index (κ1) is 10.9. The van der Waals surface area contributed by atoms with Gasteiger partial charge in [-0.25, -0.2) is 0 Å². The fourth-order valence-electron chi connectivity index (χ4n) is 2.48. The van der Waals surface area contributed by atoms with E-state index >= 15 is 0 Å². The molecule has 13 heavy (non-hydrogen) atoms. The lowest BCUT2D eigenvalue weighted by atomic mass is 9.74. The Morgan fingerprint density at radius 2 is 1.92 bits per heavy atom. The molecule has 3 heteroatoms. The predicted octanol–water partition coefficient (Wildman–Crippen LogP) is 2.16. The number of hydrogen-bond acceptors (Lipinski definition) is 2. The number of carbonyl (C=O) groups is 1. The van der Waals surface area contributed by atoms with Crippen molar-refractivity contribution in [3.05, 3.63) is 0 Å². The van der Waals surface area contributed by atoms with Crippen LogP contribution in [0.5, 0.6) is 0 Å². The molecule has 2 nitrogen and oxygen atoms in total. The molecule has 1 aliphatic rings. The van der Waals surface area contributed by atoms with Gasteiger partial charge in [0.15, 0.2) is 0 Å². The van der Waals surface area contributed by atoms with E-state index in [2.05, 4.69) is 33.4 Å². The van der Waals surface area contributed by atoms with Crippen molar-refractivity contribution < 1.29 is 4.79 Å². The fraction of sp³-hybridized carbons (Fsp3) is 0.900. The minimum Gasteiger partial charge on any atom is -0.333 e. The molecule has 0 radical (unpaired) electrons. The lowest BCUT2D eigenvalue weighted by Gasteiger charge is -2.28. The van der Waals surface area contributed by atoms with Gasteiger partial charge in [0.1, 0.15) is 0 Å². The Morgan fingerprint density at radius 3 is 2.08 bits per heavy atom. The number of hydrogen-bond donors (Lipinski definition) is 1. The van der Waals surface area contributed by atoms with Gasteiger partial charge >= 0.3 is 0 Å². The standard InChI is InChI=1S/C10H19NOS/c1-5-10(6-2)7(3)8(13)11(4)9(10)12/h7-8,13H,5-6H2,1-4H3. The largest absolute Gasteiger partial charge is 0.333 e. The summed E-state index contributed by atoms with van der Waals surface area (Å²) in [5.74, 6) is 0.619. The van der Waals surface area contributed by atoms with Gasteiger partial charge in [0.2, 0.25) is 5.91 Å². The second-order valence-corrected chi connectivity index (χ2v) is 4.51. The molecule has 1 rings (SSSR count). The topological polar surface area (TPSA) is 20.3 Å². The molecule has 1 amide bonds. The van der Waals surface area contributed by atoms with E-state index in [1.807, 2.05) is 7.05 Å². The summed E-state index contributed by atoms with van der Waals surface area (Å²) in [6.45, 7) is 6.32. The summed E-state index contributed by atoms with van der Waals surface area (Å²) < 4.78 is 0. The van der Waals surface area contributed by atoms with E-state index in [0.29, 0.717) is 5.92 Å². The third kappa shape index (κ3) is 1.28. The van der Waals surface area contributed by atoms with Gasteiger partial charge in [-0.3, -0.25) is 4.79 Å². The zero-order valence-electron chi connectivity index (χ0n) is 8.87. The van der Waals surface area contributed by atoms with Crippen LogP contribution in [0.3, 0.4) is 0 Å². The van der Waals surface area contributed by atoms with Gasteiger partial charge in [-0.15, -0.1) is 0 Å². The number of carbonyl (C=O) groups excluding carboxylic acids is 1. The van der Waals surface area contributed by atoms with Crippen molar-refractivity contribution in [1.82, 2.24) is 4.90 Å². The first-order chi connectivity index (χ1) is 6.01. The molecule has 0 aliphatic carbocycles. The third-order valence-corrected chi connectivity index (χ3v) is 4.52. The zero-order chi connectivity index (χ0) is 10.2. The molecule has 1 fully saturated rings. The molecule has 2 unspecified atom stereocenters. The van der Waals surface area contributed by atoms with E-state index < -0.39 is 0 Å². The molecule has 0 spiro atoms. The molecule has 0 aromatic rings. The van der Waals surface area contributed by atoms with Crippen molar-refractivity contribution in [2.75, 3.05) is 7.05 Å². The molecule has 0 saturated carbocycles. The van der Waals surface area contributed by atoms with Crippen LogP contribution >= 0.6 is 12.6 Å². The van der Waals surface area contributed by atoms with Crippen LogP contribution in [0.25, 0.3) is 0 Å². The Morgan fingerprint density at radius 1 is 1.46 bits per heavy atom. The van der Waals surface area contributed by atoms with Crippen molar-refractivity contribution in [3.8, 4) is 0 Å². The Balaban J connectivity index is 3.04. The van der Waals surface area contributed by atoms with E-state index in [9.17, 15) is 4.79 Å². The lowest BCUT2D eigenvalue weighted by molar-refractivity contribution is -0.136. The summed E-state index contributed by atoms with van der Waals surface area (Å²) in [5.41, 5.74) is -0.152. The maximum absolute atomic E-state index is 12.0. The molecule has 1 aliphatic heterocycles. The van der Waals surface area contributed by atoms with Crippen molar-refractivity contribution in [3.63, 3.8) is 0 Å². The van der Waals surface area contributed by atoms with Crippen molar-refractivity contribution in [2.45, 2.75) is 39.0 Å². The molecule has 1 saturated heterocycles. The van der Waals surface area contributed by atoms with Gasteiger partial charge in [-0.2, -0.15) is 12.6 Å². The monoisotopic (exact) mass is 201 g/mol. The molecule has 0 aromatic heterocycles. The molecular formula is C10H19NOS. The highest BCUT2D eigenvalue weighted by molar-refractivity contribution is 7.80. The fourth-order valence-corrected chi connectivity index (χ4v) is 2.87. The first-order valence-corrected chi connectivity index (χ1v) is 5.48. The molecule has 1 heterocycles. The van der Waals surface area contributed by atoms with Crippen LogP contribution in [0.1, 0.15) is 33.6 Å². The average molecular weight is 201 g/mol. The normalized spacial score (nSPS) is 32.7. The zero-order valence-corrected chi connectivity index (χ0v) is 9.77. The SMILES string of the molecule is CCC1(CC)C(=O)N(C)C(S)C1C. The minimum absolute atomic E-state index is 0.0902. The Kier molecular flexibility index (Phi) is 2.95. The van der Waals surface area contributed by atoms with Gasteiger partial charge < -0.3 is 4.90 Å². The minimum atomic E-state index is -0.152. The van der Waals surface area contributed by atoms with E-state index in [1.54, 1.807) is 4.90 Å². The number of amides is 1. The number of likely N-dealkylation sites (tertiary alicyclic amines) is 1. The average Bonchev–Trinajstić information content (AvgIpc) is 2.31. The van der Waals surface area contributed by atoms with Crippen molar-refractivity contribution in [2.24, 2.45) is 11.3 Å². The summed E-state index contributed by atoms with van der Waals surface area (Å²) in [7, 11) is 1.85. The first-order valence-electron chi connectivity index (χ1n) is 4.96. The van der Waals surface area contributed by atoms with Gasteiger partial charge in [-0.1, -0.05) is 20.8 Å². The van der Waals surface area contributed by atoms with E-state index in [1.165, 1.54) is 0 Å². The lowest BCUT2D eigenvalue weighted by Crippen LogP contribution is -2.33. The summed E-state index contributed by atoms with van der Waals surface area (Å²) >= 11 is 4.47. The van der Waals surface area contributed by atoms with Crippen LogP contribution in [-0.4, -0.2) is 23.2 Å². The molecule has 0 N–H and O–H groups in total. The second kappa shape index (κ2) is 3.52. The molecule has 0 bridgehead atoms. The maximum atomic E-state index is 12.0. The van der Waals surface area contributed by atoms with Crippen LogP contribution < -0.4 is 0 Å². The van der Waals surface area contributed by atoms with E-state index in [-0.39, 0.29) is 16.7 Å². The summed E-state index contributed by atoms with van der Waals surface area (Å²) in [6, 6.07) is 0. The number of nitrogens with zero attached hydrogens (tertiary/aromatic N) is 1. The molecule has 2 atom stereocenters. The summed E-state index contributed by atoms with van der Waals surface area (Å²) in [4.78, 5) is 13.8. The van der Waals surface area contributed by atoms with Crippen LogP contribution in [0.2, 0.25) is 0 Å². The second-order valence-electron chi connectivity index (χ2n) is 3.98. The highest BCUT2D eigenvalue weighted by atomic mass is 32.1. The van der Waals surface area contributed by atoms with Crippen LogP contribution in [0.4, 0.5) is 0 Å². The third-order valence-electron chi connectivity index (χ3n) is 3.72. The Labute approximate surface area is 86.1 Å². The molecule has 76 valence electrons. The smallest absolute Gasteiger partial charge is 0.229 e. The highest BCUT2D eigenvalue weighted by Crippen LogP contribution is 2.46. The van der Waals surface area contributed by atoms with Crippen LogP contribution in [0.15, 0.2) is 0 Å². The predicted molar refractivity (Wildman–Crippen MR) is 57.7 cm³/mol. The molecular weight excluding hydrogens is 182 g/mol. The van der Waals surface area contributed by atoms with Crippen molar-refractivity contribution >= 4 is 18.5 Å². The van der Waals surface area contributed by atoms with E-state index in [4.69, 9.17) is 0 Å². The Hall–Kier alpha value is -0.180. The highest BCUT2D eigenvalue weighted by Gasteiger charge is 2.52. The molecule has 0 aromatic carbocycles. The van der Waals surface area contributed by atoms with E-state index in [0.717, 1.165) is 12.8 Å².